The summed E-state index contributed by atoms with van der Waals surface area (Å²) in [6, 6.07) is 0.105. The topological polar surface area (TPSA) is 47.6 Å². The summed E-state index contributed by atoms with van der Waals surface area (Å²) < 4.78 is 10.0. The lowest BCUT2D eigenvalue weighted by Crippen LogP contribution is -2.38. The number of hydrogen-bond donors (Lipinski definition) is 1. The third-order valence-corrected chi connectivity index (χ3v) is 2.34. The predicted molar refractivity (Wildman–Crippen MR) is 59.7 cm³/mol. The molecule has 15 heavy (non-hydrogen) atoms. The maximum absolute atomic E-state index is 11.2. The molecule has 0 radical (unpaired) electrons. The summed E-state index contributed by atoms with van der Waals surface area (Å²) in [4.78, 5) is 11.2. The number of ether oxygens (including phenoxy) is 2. The molecule has 0 spiro atoms. The van der Waals surface area contributed by atoms with E-state index < -0.39 is 0 Å². The minimum absolute atomic E-state index is 0.105. The van der Waals surface area contributed by atoms with Gasteiger partial charge in [-0.2, -0.15) is 0 Å². The quantitative estimate of drug-likeness (QED) is 0.514. The van der Waals surface area contributed by atoms with Crippen LogP contribution in [0.2, 0.25) is 0 Å². The van der Waals surface area contributed by atoms with Gasteiger partial charge in [0.25, 0.3) is 0 Å². The van der Waals surface area contributed by atoms with Crippen molar-refractivity contribution >= 4 is 5.97 Å². The van der Waals surface area contributed by atoms with Gasteiger partial charge in [0, 0.05) is 12.6 Å². The summed E-state index contributed by atoms with van der Waals surface area (Å²) in [5.41, 5.74) is 0. The van der Waals surface area contributed by atoms with Crippen molar-refractivity contribution < 1.29 is 14.3 Å². The van der Waals surface area contributed by atoms with Gasteiger partial charge in [0.15, 0.2) is 0 Å². The highest BCUT2D eigenvalue weighted by Crippen LogP contribution is 2.03. The lowest BCUT2D eigenvalue weighted by atomic mass is 10.0. The zero-order valence-electron chi connectivity index (χ0n) is 10.4. The average molecular weight is 217 g/mol. The normalized spacial score (nSPS) is 15.1. The predicted octanol–water partition coefficient (Wildman–Crippen LogP) is 1.20. The first-order valence-electron chi connectivity index (χ1n) is 5.41. The van der Waals surface area contributed by atoms with Crippen molar-refractivity contribution in [1.82, 2.24) is 5.32 Å². The SMILES string of the molecule is COC(=O)C(C)C(C)NCCOC(C)C. The van der Waals surface area contributed by atoms with Gasteiger partial charge in [0.1, 0.15) is 0 Å². The van der Waals surface area contributed by atoms with Crippen LogP contribution in [0.5, 0.6) is 0 Å². The molecule has 2 unspecified atom stereocenters. The Balaban J connectivity index is 3.64. The Hall–Kier alpha value is -0.610. The van der Waals surface area contributed by atoms with Crippen LogP contribution in [0.1, 0.15) is 27.7 Å². The molecule has 1 N–H and O–H groups in total. The largest absolute Gasteiger partial charge is 0.469 e. The molecule has 0 fully saturated rings. The van der Waals surface area contributed by atoms with Crippen molar-refractivity contribution in [3.63, 3.8) is 0 Å². The average Bonchev–Trinajstić information content (AvgIpc) is 2.21. The summed E-state index contributed by atoms with van der Waals surface area (Å²) in [5.74, 6) is -0.311. The molecular formula is C11H23NO3. The van der Waals surface area contributed by atoms with E-state index in [2.05, 4.69) is 10.1 Å². The minimum Gasteiger partial charge on any atom is -0.469 e. The first kappa shape index (κ1) is 14.4. The van der Waals surface area contributed by atoms with E-state index in [-0.39, 0.29) is 24.0 Å². The third-order valence-electron chi connectivity index (χ3n) is 2.34. The second kappa shape index (κ2) is 7.65. The molecule has 0 aromatic rings. The van der Waals surface area contributed by atoms with Crippen LogP contribution in [0.25, 0.3) is 0 Å². The fourth-order valence-corrected chi connectivity index (χ4v) is 1.15. The Morgan fingerprint density at radius 2 is 1.87 bits per heavy atom. The lowest BCUT2D eigenvalue weighted by molar-refractivity contribution is -0.145. The van der Waals surface area contributed by atoms with Crippen LogP contribution in [-0.2, 0) is 14.3 Å². The maximum Gasteiger partial charge on any atom is 0.309 e. The van der Waals surface area contributed by atoms with E-state index in [4.69, 9.17) is 4.74 Å². The van der Waals surface area contributed by atoms with Crippen molar-refractivity contribution in [2.75, 3.05) is 20.3 Å². The molecule has 4 nitrogen and oxygen atoms in total. The Morgan fingerprint density at radius 3 is 2.33 bits per heavy atom. The van der Waals surface area contributed by atoms with E-state index in [0.29, 0.717) is 6.61 Å². The molecule has 0 saturated heterocycles. The number of nitrogens with one attached hydrogen (secondary N) is 1. The summed E-state index contributed by atoms with van der Waals surface area (Å²) in [6.45, 7) is 9.24. The van der Waals surface area contributed by atoms with E-state index in [1.165, 1.54) is 7.11 Å². The number of carbonyl (C=O) groups excluding carboxylic acids is 1. The van der Waals surface area contributed by atoms with Gasteiger partial charge in [-0.15, -0.1) is 0 Å². The minimum atomic E-state index is -0.181. The molecule has 0 aliphatic heterocycles. The van der Waals surface area contributed by atoms with Crippen LogP contribution < -0.4 is 5.32 Å². The molecule has 0 saturated carbocycles. The molecule has 2 atom stereocenters. The number of carbonyl (C=O) groups is 1. The van der Waals surface area contributed by atoms with Gasteiger partial charge in [-0.1, -0.05) is 6.92 Å². The zero-order valence-corrected chi connectivity index (χ0v) is 10.4. The molecule has 4 heteroatoms. The first-order valence-corrected chi connectivity index (χ1v) is 5.41. The van der Waals surface area contributed by atoms with Crippen LogP contribution >= 0.6 is 0 Å². The molecule has 0 rings (SSSR count). The van der Waals surface area contributed by atoms with Crippen molar-refractivity contribution in [3.05, 3.63) is 0 Å². The van der Waals surface area contributed by atoms with Crippen LogP contribution in [0.4, 0.5) is 0 Å². The Morgan fingerprint density at radius 1 is 1.27 bits per heavy atom. The zero-order chi connectivity index (χ0) is 11.8. The second-order valence-corrected chi connectivity index (χ2v) is 3.97. The molecule has 0 bridgehead atoms. The molecular weight excluding hydrogens is 194 g/mol. The molecule has 0 aliphatic carbocycles. The number of esters is 1. The van der Waals surface area contributed by atoms with Gasteiger partial charge in [0.05, 0.1) is 25.7 Å². The van der Waals surface area contributed by atoms with Gasteiger partial charge in [0.2, 0.25) is 0 Å². The van der Waals surface area contributed by atoms with Gasteiger partial charge >= 0.3 is 5.97 Å². The molecule has 90 valence electrons. The summed E-state index contributed by atoms with van der Waals surface area (Å²) >= 11 is 0. The van der Waals surface area contributed by atoms with Gasteiger partial charge < -0.3 is 14.8 Å². The Bertz CT molecular complexity index is 183. The van der Waals surface area contributed by atoms with Crippen LogP contribution in [0.3, 0.4) is 0 Å². The van der Waals surface area contributed by atoms with Crippen molar-refractivity contribution in [3.8, 4) is 0 Å². The monoisotopic (exact) mass is 217 g/mol. The fourth-order valence-electron chi connectivity index (χ4n) is 1.15. The van der Waals surface area contributed by atoms with Crippen molar-refractivity contribution in [2.45, 2.75) is 39.8 Å². The van der Waals surface area contributed by atoms with E-state index in [1.54, 1.807) is 0 Å². The number of rotatable bonds is 7. The van der Waals surface area contributed by atoms with E-state index >= 15 is 0 Å². The van der Waals surface area contributed by atoms with Crippen LogP contribution in [-0.4, -0.2) is 38.4 Å². The number of methoxy groups -OCH3 is 1. The summed E-state index contributed by atoms with van der Waals surface area (Å²) in [7, 11) is 1.41. The van der Waals surface area contributed by atoms with Gasteiger partial charge in [-0.25, -0.2) is 0 Å². The highest BCUT2D eigenvalue weighted by atomic mass is 16.5. The van der Waals surface area contributed by atoms with Crippen molar-refractivity contribution in [1.29, 1.82) is 0 Å². The smallest absolute Gasteiger partial charge is 0.309 e. The molecule has 0 amide bonds. The highest BCUT2D eigenvalue weighted by Gasteiger charge is 2.19. The Labute approximate surface area is 92.3 Å². The molecule has 0 aromatic heterocycles. The molecule has 0 heterocycles. The second-order valence-electron chi connectivity index (χ2n) is 3.97. The van der Waals surface area contributed by atoms with E-state index in [9.17, 15) is 4.79 Å². The lowest BCUT2D eigenvalue weighted by Gasteiger charge is -2.19. The maximum atomic E-state index is 11.2. The molecule has 0 aliphatic rings. The first-order chi connectivity index (χ1) is 6.99. The highest BCUT2D eigenvalue weighted by molar-refractivity contribution is 5.72. The standard InChI is InChI=1S/C11H23NO3/c1-8(2)15-7-6-12-10(4)9(3)11(13)14-5/h8-10,12H,6-7H2,1-5H3. The van der Waals surface area contributed by atoms with E-state index in [1.807, 2.05) is 27.7 Å². The van der Waals surface area contributed by atoms with Crippen LogP contribution in [0, 0.1) is 5.92 Å². The summed E-state index contributed by atoms with van der Waals surface area (Å²) in [6.07, 6.45) is 0.250. The van der Waals surface area contributed by atoms with Crippen LogP contribution in [0.15, 0.2) is 0 Å². The Kier molecular flexibility index (Phi) is 7.34. The number of hydrogen-bond acceptors (Lipinski definition) is 4. The molecule has 0 aromatic carbocycles. The van der Waals surface area contributed by atoms with E-state index in [0.717, 1.165) is 6.54 Å². The van der Waals surface area contributed by atoms with Gasteiger partial charge in [-0.3, -0.25) is 4.79 Å². The third kappa shape index (κ3) is 6.47. The van der Waals surface area contributed by atoms with Gasteiger partial charge in [-0.05, 0) is 20.8 Å². The fraction of sp³-hybridized carbons (Fsp3) is 0.909. The van der Waals surface area contributed by atoms with Crippen molar-refractivity contribution in [2.24, 2.45) is 5.92 Å². The summed E-state index contributed by atoms with van der Waals surface area (Å²) in [5, 5.41) is 3.23.